The maximum absolute atomic E-state index is 11.9. The first kappa shape index (κ1) is 13.4. The van der Waals surface area contributed by atoms with Crippen molar-refractivity contribution in [3.8, 4) is 0 Å². The second kappa shape index (κ2) is 5.09. The highest BCUT2D eigenvalue weighted by Gasteiger charge is 2.27. The van der Waals surface area contributed by atoms with Crippen LogP contribution in [0, 0.1) is 0 Å². The topological polar surface area (TPSA) is 88.0 Å². The Morgan fingerprint density at radius 1 is 1.59 bits per heavy atom. The number of carbonyl (C=O) groups excluding carboxylic acids is 1. The molecule has 1 aromatic rings. The largest absolute Gasteiger partial charge is 0.391 e. The van der Waals surface area contributed by atoms with E-state index < -0.39 is 5.54 Å². The van der Waals surface area contributed by atoms with E-state index in [2.05, 4.69) is 10.3 Å². The molecule has 1 heterocycles. The predicted molar refractivity (Wildman–Crippen MR) is 70.0 cm³/mol. The number of nitrogens with two attached hydrogens (primary N) is 1. The quantitative estimate of drug-likeness (QED) is 0.684. The summed E-state index contributed by atoms with van der Waals surface area (Å²) in [6.45, 7) is 3.64. The first-order valence-electron chi connectivity index (χ1n) is 5.20. The van der Waals surface area contributed by atoms with Gasteiger partial charge in [0.15, 0.2) is 0 Å². The number of hydrogen-bond donors (Lipinski definition) is 3. The second-order valence-electron chi connectivity index (χ2n) is 3.95. The van der Waals surface area contributed by atoms with Crippen molar-refractivity contribution in [2.75, 3.05) is 0 Å². The van der Waals surface area contributed by atoms with Crippen LogP contribution >= 0.6 is 12.2 Å². The van der Waals surface area contributed by atoms with Crippen molar-refractivity contribution in [2.45, 2.75) is 25.8 Å². The molecule has 5 nitrogen and oxygen atoms in total. The number of nitrogens with one attached hydrogen (secondary N) is 2. The molecule has 0 radical (unpaired) electrons. The van der Waals surface area contributed by atoms with Gasteiger partial charge in [-0.3, -0.25) is 9.59 Å². The van der Waals surface area contributed by atoms with Gasteiger partial charge in [0, 0.05) is 12.3 Å². The van der Waals surface area contributed by atoms with Crippen LogP contribution in [0.5, 0.6) is 0 Å². The summed E-state index contributed by atoms with van der Waals surface area (Å²) in [6.07, 6.45) is 1.95. The highest BCUT2D eigenvalue weighted by molar-refractivity contribution is 7.80. The van der Waals surface area contributed by atoms with Gasteiger partial charge < -0.3 is 16.0 Å². The van der Waals surface area contributed by atoms with Crippen LogP contribution in [0.1, 0.15) is 30.6 Å². The molecular formula is C11H15N3O2S. The van der Waals surface area contributed by atoms with Gasteiger partial charge in [0.2, 0.25) is 5.56 Å². The lowest BCUT2D eigenvalue weighted by molar-refractivity contribution is 0.0926. The fourth-order valence-electron chi connectivity index (χ4n) is 1.20. The molecule has 0 saturated carbocycles. The van der Waals surface area contributed by atoms with Crippen LogP contribution in [0.25, 0.3) is 0 Å². The lowest BCUT2D eigenvalue weighted by atomic mass is 9.98. The van der Waals surface area contributed by atoms with E-state index in [9.17, 15) is 9.59 Å². The summed E-state index contributed by atoms with van der Waals surface area (Å²) in [5.74, 6) is -0.321. The maximum Gasteiger partial charge on any atom is 0.253 e. The molecule has 0 aliphatic rings. The Balaban J connectivity index is 2.89. The number of carbonyl (C=O) groups is 1. The Morgan fingerprint density at radius 3 is 2.65 bits per heavy atom. The summed E-state index contributed by atoms with van der Waals surface area (Å²) in [5, 5.41) is 2.75. The van der Waals surface area contributed by atoms with Crippen LogP contribution in [0.2, 0.25) is 0 Å². The molecule has 1 rings (SSSR count). The summed E-state index contributed by atoms with van der Waals surface area (Å²) in [6, 6.07) is 2.74. The van der Waals surface area contributed by atoms with Crippen LogP contribution in [-0.4, -0.2) is 21.4 Å². The molecule has 17 heavy (non-hydrogen) atoms. The predicted octanol–water partition coefficient (Wildman–Crippen LogP) is 0.560. The molecule has 0 aliphatic heterocycles. The van der Waals surface area contributed by atoms with Crippen LogP contribution < -0.4 is 16.6 Å². The van der Waals surface area contributed by atoms with E-state index in [4.69, 9.17) is 18.0 Å². The summed E-state index contributed by atoms with van der Waals surface area (Å²) in [5.41, 5.74) is 4.98. The number of aromatic nitrogens is 1. The van der Waals surface area contributed by atoms with Crippen molar-refractivity contribution in [1.82, 2.24) is 10.3 Å². The number of aromatic amines is 1. The van der Waals surface area contributed by atoms with Gasteiger partial charge in [-0.05, 0) is 19.4 Å². The highest BCUT2D eigenvalue weighted by atomic mass is 32.1. The van der Waals surface area contributed by atoms with Gasteiger partial charge in [0.1, 0.15) is 0 Å². The van der Waals surface area contributed by atoms with E-state index in [-0.39, 0.29) is 16.5 Å². The third-order valence-electron chi connectivity index (χ3n) is 2.69. The molecule has 0 aliphatic carbocycles. The first-order chi connectivity index (χ1) is 7.89. The second-order valence-corrected chi connectivity index (χ2v) is 4.39. The normalized spacial score (nSPS) is 13.8. The average molecular weight is 253 g/mol. The van der Waals surface area contributed by atoms with E-state index in [1.165, 1.54) is 18.3 Å². The average Bonchev–Trinajstić information content (AvgIpc) is 2.29. The first-order valence-corrected chi connectivity index (χ1v) is 5.61. The Hall–Kier alpha value is -1.69. The third kappa shape index (κ3) is 3.13. The van der Waals surface area contributed by atoms with Crippen LogP contribution in [0.3, 0.4) is 0 Å². The number of thiocarbonyl (C=S) groups is 1. The number of pyridine rings is 1. The molecular weight excluding hydrogens is 238 g/mol. The van der Waals surface area contributed by atoms with Crippen molar-refractivity contribution in [1.29, 1.82) is 0 Å². The number of amides is 1. The van der Waals surface area contributed by atoms with Crippen molar-refractivity contribution < 1.29 is 4.79 Å². The lowest BCUT2D eigenvalue weighted by Gasteiger charge is -2.28. The van der Waals surface area contributed by atoms with Crippen LogP contribution in [-0.2, 0) is 0 Å². The molecule has 1 aromatic heterocycles. The van der Waals surface area contributed by atoms with Gasteiger partial charge in [-0.1, -0.05) is 19.1 Å². The molecule has 1 amide bonds. The minimum absolute atomic E-state index is 0.234. The Morgan fingerprint density at radius 2 is 2.24 bits per heavy atom. The monoisotopic (exact) mass is 253 g/mol. The number of rotatable bonds is 4. The molecule has 1 atom stereocenters. The molecule has 0 bridgehead atoms. The highest BCUT2D eigenvalue weighted by Crippen LogP contribution is 2.10. The van der Waals surface area contributed by atoms with Gasteiger partial charge in [-0.15, -0.1) is 0 Å². The van der Waals surface area contributed by atoms with E-state index >= 15 is 0 Å². The van der Waals surface area contributed by atoms with E-state index in [1.807, 2.05) is 6.92 Å². The minimum atomic E-state index is -0.720. The summed E-state index contributed by atoms with van der Waals surface area (Å²) < 4.78 is 0. The Bertz CT molecular complexity index is 477. The van der Waals surface area contributed by atoms with Crippen molar-refractivity contribution in [2.24, 2.45) is 5.73 Å². The summed E-state index contributed by atoms with van der Waals surface area (Å²) >= 11 is 4.92. The molecule has 0 aromatic carbocycles. The van der Waals surface area contributed by atoms with Gasteiger partial charge in [-0.25, -0.2) is 0 Å². The number of H-pyrrole nitrogens is 1. The summed E-state index contributed by atoms with van der Waals surface area (Å²) in [7, 11) is 0. The van der Waals surface area contributed by atoms with E-state index in [0.29, 0.717) is 12.0 Å². The van der Waals surface area contributed by atoms with Gasteiger partial charge in [-0.2, -0.15) is 0 Å². The van der Waals surface area contributed by atoms with E-state index in [1.54, 1.807) is 6.92 Å². The SMILES string of the molecule is CCC(C)(NC(=O)c1ccc(=O)[nH]c1)C(N)=S. The molecule has 6 heteroatoms. The zero-order chi connectivity index (χ0) is 13.1. The number of hydrogen-bond acceptors (Lipinski definition) is 3. The van der Waals surface area contributed by atoms with Crippen molar-refractivity contribution in [3.63, 3.8) is 0 Å². The third-order valence-corrected chi connectivity index (χ3v) is 3.14. The smallest absolute Gasteiger partial charge is 0.253 e. The minimum Gasteiger partial charge on any atom is -0.391 e. The van der Waals surface area contributed by atoms with Crippen molar-refractivity contribution in [3.05, 3.63) is 34.2 Å². The molecule has 92 valence electrons. The standard InChI is InChI=1S/C11H15N3O2S/c1-3-11(2,10(12)17)14-9(16)7-4-5-8(15)13-6-7/h4-6H,3H2,1-2H3,(H2,12,17)(H,13,15)(H,14,16). The van der Waals surface area contributed by atoms with Crippen molar-refractivity contribution >= 4 is 23.1 Å². The zero-order valence-electron chi connectivity index (χ0n) is 9.74. The Kier molecular flexibility index (Phi) is 4.01. The molecule has 4 N–H and O–H groups in total. The fraction of sp³-hybridized carbons (Fsp3) is 0.364. The van der Waals surface area contributed by atoms with Crippen LogP contribution in [0.15, 0.2) is 23.1 Å². The maximum atomic E-state index is 11.9. The zero-order valence-corrected chi connectivity index (χ0v) is 10.6. The fourth-order valence-corrected chi connectivity index (χ4v) is 1.39. The molecule has 0 fully saturated rings. The van der Waals surface area contributed by atoms with Gasteiger partial charge in [0.05, 0.1) is 16.1 Å². The van der Waals surface area contributed by atoms with Gasteiger partial charge >= 0.3 is 0 Å². The van der Waals surface area contributed by atoms with Crippen LogP contribution in [0.4, 0.5) is 0 Å². The Labute approximate surface area is 104 Å². The van der Waals surface area contributed by atoms with Gasteiger partial charge in [0.25, 0.3) is 5.91 Å². The van der Waals surface area contributed by atoms with E-state index in [0.717, 1.165) is 0 Å². The lowest BCUT2D eigenvalue weighted by Crippen LogP contribution is -2.54. The molecule has 0 saturated heterocycles. The molecule has 0 spiro atoms. The summed E-state index contributed by atoms with van der Waals surface area (Å²) in [4.78, 5) is 25.4. The molecule has 1 unspecified atom stereocenters.